The summed E-state index contributed by atoms with van der Waals surface area (Å²) in [7, 11) is 0. The van der Waals surface area contributed by atoms with E-state index in [1.807, 2.05) is 12.1 Å². The summed E-state index contributed by atoms with van der Waals surface area (Å²) in [6, 6.07) is 10.6. The highest BCUT2D eigenvalue weighted by atomic mass is 16.1. The lowest BCUT2D eigenvalue weighted by molar-refractivity contribution is -0.119. The van der Waals surface area contributed by atoms with Crippen molar-refractivity contribution in [3.8, 4) is 6.07 Å². The summed E-state index contributed by atoms with van der Waals surface area (Å²) >= 11 is 0. The number of nitrogens with two attached hydrogens (primary N) is 1. The molecule has 1 amide bonds. The number of carbonyl (C=O) groups is 1. The van der Waals surface area contributed by atoms with Crippen LogP contribution < -0.4 is 5.73 Å². The molecule has 100 valence electrons. The van der Waals surface area contributed by atoms with Gasteiger partial charge >= 0.3 is 0 Å². The number of nitriles is 1. The first-order chi connectivity index (χ1) is 9.19. The van der Waals surface area contributed by atoms with Crippen molar-refractivity contribution in [2.75, 3.05) is 0 Å². The molecule has 0 aromatic heterocycles. The largest absolute Gasteiger partial charge is 0.370 e. The zero-order valence-electron chi connectivity index (χ0n) is 11.1. The van der Waals surface area contributed by atoms with Crippen LogP contribution in [0.2, 0.25) is 0 Å². The molecular weight excluding hydrogens is 236 g/mol. The van der Waals surface area contributed by atoms with Crippen LogP contribution in [0.4, 0.5) is 0 Å². The third-order valence-electron chi connectivity index (χ3n) is 4.07. The van der Waals surface area contributed by atoms with E-state index in [0.717, 1.165) is 31.2 Å². The highest BCUT2D eigenvalue weighted by molar-refractivity contribution is 5.73. The van der Waals surface area contributed by atoms with E-state index in [1.165, 1.54) is 5.56 Å². The smallest absolute Gasteiger partial charge is 0.217 e. The molecule has 1 aliphatic carbocycles. The van der Waals surface area contributed by atoms with Crippen LogP contribution in [0.5, 0.6) is 0 Å². The summed E-state index contributed by atoms with van der Waals surface area (Å²) in [5.41, 5.74) is 7.69. The Kier molecular flexibility index (Phi) is 4.57. The molecule has 0 spiro atoms. The van der Waals surface area contributed by atoms with Crippen molar-refractivity contribution in [3.63, 3.8) is 0 Å². The molecule has 3 heteroatoms. The average Bonchev–Trinajstić information content (AvgIpc) is 2.40. The Labute approximate surface area is 114 Å². The molecular formula is C16H20N2O. The number of amides is 1. The molecule has 1 saturated carbocycles. The predicted octanol–water partition coefficient (Wildman–Crippen LogP) is 2.90. The number of rotatable bonds is 4. The van der Waals surface area contributed by atoms with Gasteiger partial charge in [0.25, 0.3) is 0 Å². The minimum absolute atomic E-state index is 0.177. The Morgan fingerprint density at radius 1 is 1.21 bits per heavy atom. The Balaban J connectivity index is 1.90. The van der Waals surface area contributed by atoms with Crippen molar-refractivity contribution < 1.29 is 4.79 Å². The van der Waals surface area contributed by atoms with Gasteiger partial charge in [-0.3, -0.25) is 4.79 Å². The van der Waals surface area contributed by atoms with E-state index in [9.17, 15) is 4.79 Å². The molecule has 1 aromatic carbocycles. The molecule has 19 heavy (non-hydrogen) atoms. The quantitative estimate of drug-likeness (QED) is 0.900. The van der Waals surface area contributed by atoms with E-state index in [2.05, 4.69) is 18.2 Å². The molecule has 1 aromatic rings. The summed E-state index contributed by atoms with van der Waals surface area (Å²) in [6.07, 6.45) is 5.46. The van der Waals surface area contributed by atoms with Gasteiger partial charge in [-0.2, -0.15) is 5.26 Å². The van der Waals surface area contributed by atoms with Gasteiger partial charge in [0.1, 0.15) is 0 Å². The number of benzene rings is 1. The van der Waals surface area contributed by atoms with Crippen molar-refractivity contribution in [1.82, 2.24) is 0 Å². The van der Waals surface area contributed by atoms with Gasteiger partial charge in [0.15, 0.2) is 0 Å². The van der Waals surface area contributed by atoms with Crippen LogP contribution in [-0.4, -0.2) is 5.91 Å². The van der Waals surface area contributed by atoms with Gasteiger partial charge in [-0.25, -0.2) is 0 Å². The van der Waals surface area contributed by atoms with E-state index in [4.69, 9.17) is 11.0 Å². The second-order valence-corrected chi connectivity index (χ2v) is 5.46. The lowest BCUT2D eigenvalue weighted by Crippen LogP contribution is -2.20. The van der Waals surface area contributed by atoms with Gasteiger partial charge in [-0.05, 0) is 48.6 Å². The van der Waals surface area contributed by atoms with Gasteiger partial charge in [0.05, 0.1) is 12.5 Å². The fourth-order valence-corrected chi connectivity index (χ4v) is 2.98. The van der Waals surface area contributed by atoms with Crippen molar-refractivity contribution in [3.05, 3.63) is 35.4 Å². The molecule has 1 fully saturated rings. The first-order valence-corrected chi connectivity index (χ1v) is 6.93. The number of hydrogen-bond acceptors (Lipinski definition) is 2. The first-order valence-electron chi connectivity index (χ1n) is 6.93. The SMILES string of the molecule is N#CCc1ccc(C2CCC(CC(N)=O)CC2)cc1. The van der Waals surface area contributed by atoms with Crippen molar-refractivity contribution >= 4 is 5.91 Å². The molecule has 3 nitrogen and oxygen atoms in total. The second-order valence-electron chi connectivity index (χ2n) is 5.46. The normalized spacial score (nSPS) is 22.7. The van der Waals surface area contributed by atoms with Crippen LogP contribution in [0.15, 0.2) is 24.3 Å². The summed E-state index contributed by atoms with van der Waals surface area (Å²) in [5.74, 6) is 0.899. The molecule has 0 saturated heterocycles. The predicted molar refractivity (Wildman–Crippen MR) is 74.3 cm³/mol. The Bertz CT molecular complexity index is 465. The molecule has 0 aliphatic heterocycles. The first kappa shape index (κ1) is 13.6. The van der Waals surface area contributed by atoms with Gasteiger partial charge < -0.3 is 5.73 Å². The molecule has 1 aliphatic rings. The van der Waals surface area contributed by atoms with E-state index >= 15 is 0 Å². The van der Waals surface area contributed by atoms with Crippen LogP contribution in [0.1, 0.15) is 49.1 Å². The second kappa shape index (κ2) is 6.38. The zero-order chi connectivity index (χ0) is 13.7. The zero-order valence-corrected chi connectivity index (χ0v) is 11.1. The maximum absolute atomic E-state index is 10.9. The number of primary amides is 1. The molecule has 0 atom stereocenters. The Morgan fingerprint density at radius 2 is 1.84 bits per heavy atom. The maximum Gasteiger partial charge on any atom is 0.217 e. The molecule has 2 rings (SSSR count). The maximum atomic E-state index is 10.9. The van der Waals surface area contributed by atoms with E-state index in [0.29, 0.717) is 24.7 Å². The lowest BCUT2D eigenvalue weighted by atomic mass is 9.77. The highest BCUT2D eigenvalue weighted by Crippen LogP contribution is 2.36. The highest BCUT2D eigenvalue weighted by Gasteiger charge is 2.23. The minimum atomic E-state index is -0.177. The van der Waals surface area contributed by atoms with Crippen LogP contribution >= 0.6 is 0 Å². The Morgan fingerprint density at radius 3 is 2.37 bits per heavy atom. The van der Waals surface area contributed by atoms with Gasteiger partial charge in [-0.15, -0.1) is 0 Å². The summed E-state index contributed by atoms with van der Waals surface area (Å²) in [5, 5.41) is 8.65. The van der Waals surface area contributed by atoms with Gasteiger partial charge in [-0.1, -0.05) is 24.3 Å². The Hall–Kier alpha value is -1.82. The van der Waals surface area contributed by atoms with Crippen molar-refractivity contribution in [2.24, 2.45) is 11.7 Å². The van der Waals surface area contributed by atoms with Crippen molar-refractivity contribution in [1.29, 1.82) is 5.26 Å². The number of nitrogens with zero attached hydrogens (tertiary/aromatic N) is 1. The summed E-state index contributed by atoms with van der Waals surface area (Å²) in [6.45, 7) is 0. The summed E-state index contributed by atoms with van der Waals surface area (Å²) in [4.78, 5) is 10.9. The van der Waals surface area contributed by atoms with Crippen molar-refractivity contribution in [2.45, 2.75) is 44.4 Å². The monoisotopic (exact) mass is 256 g/mol. The van der Waals surface area contributed by atoms with Crippen LogP contribution in [-0.2, 0) is 11.2 Å². The van der Waals surface area contributed by atoms with Gasteiger partial charge in [0.2, 0.25) is 5.91 Å². The van der Waals surface area contributed by atoms with Gasteiger partial charge in [0, 0.05) is 6.42 Å². The van der Waals surface area contributed by atoms with Crippen LogP contribution in [0.25, 0.3) is 0 Å². The lowest BCUT2D eigenvalue weighted by Gasteiger charge is -2.28. The standard InChI is InChI=1S/C16H20N2O/c17-10-9-12-1-5-14(6-2-12)15-7-3-13(4-8-15)11-16(18)19/h1-2,5-6,13,15H,3-4,7-9,11H2,(H2,18,19). The van der Waals surface area contributed by atoms with Crippen LogP contribution in [0, 0.1) is 17.2 Å². The fourth-order valence-electron chi connectivity index (χ4n) is 2.98. The van der Waals surface area contributed by atoms with E-state index in [-0.39, 0.29) is 5.91 Å². The molecule has 0 bridgehead atoms. The summed E-state index contributed by atoms with van der Waals surface area (Å²) < 4.78 is 0. The number of hydrogen-bond donors (Lipinski definition) is 1. The average molecular weight is 256 g/mol. The fraction of sp³-hybridized carbons (Fsp3) is 0.500. The molecule has 2 N–H and O–H groups in total. The third kappa shape index (κ3) is 3.82. The van der Waals surface area contributed by atoms with E-state index < -0.39 is 0 Å². The van der Waals surface area contributed by atoms with E-state index in [1.54, 1.807) is 0 Å². The molecule has 0 unspecified atom stereocenters. The van der Waals surface area contributed by atoms with Crippen LogP contribution in [0.3, 0.4) is 0 Å². The molecule has 0 radical (unpaired) electrons. The third-order valence-corrected chi connectivity index (χ3v) is 4.07. The minimum Gasteiger partial charge on any atom is -0.370 e. The number of carbonyl (C=O) groups excluding carboxylic acids is 1. The molecule has 0 heterocycles. The topological polar surface area (TPSA) is 66.9 Å².